The minimum absolute atomic E-state index is 0.00691. The Balaban J connectivity index is 1.76. The summed E-state index contributed by atoms with van der Waals surface area (Å²) in [6.45, 7) is -0.197. The fraction of sp³-hybridized carbons (Fsp3) is 0.130. The smallest absolute Gasteiger partial charge is 0.252 e. The number of rotatable bonds is 6. The van der Waals surface area contributed by atoms with Gasteiger partial charge in [0, 0.05) is 11.6 Å². The molecule has 6 nitrogen and oxygen atoms in total. The molecule has 0 N–H and O–H groups in total. The molecule has 1 unspecified atom stereocenters. The summed E-state index contributed by atoms with van der Waals surface area (Å²) in [5.41, 5.74) is 0.674. The molecule has 0 spiro atoms. The van der Waals surface area contributed by atoms with E-state index in [0.29, 0.717) is 10.6 Å². The summed E-state index contributed by atoms with van der Waals surface area (Å²) in [4.78, 5) is 26.9. The van der Waals surface area contributed by atoms with Crippen LogP contribution in [0.5, 0.6) is 0 Å². The molecule has 9 heteroatoms. The van der Waals surface area contributed by atoms with Crippen LogP contribution < -0.4 is 4.90 Å². The van der Waals surface area contributed by atoms with Crippen molar-refractivity contribution in [2.75, 3.05) is 4.90 Å². The lowest BCUT2D eigenvalue weighted by atomic mass is 10.2. The van der Waals surface area contributed by atoms with Crippen LogP contribution in [0.4, 0.5) is 10.1 Å². The van der Waals surface area contributed by atoms with Crippen LogP contribution in [0.3, 0.4) is 0 Å². The molecule has 3 aromatic rings. The van der Waals surface area contributed by atoms with Crippen LogP contribution in [0, 0.1) is 5.82 Å². The summed E-state index contributed by atoms with van der Waals surface area (Å²) in [7, 11) is -4.15. The predicted octanol–water partition coefficient (Wildman–Crippen LogP) is 4.00. The Kier molecular flexibility index (Phi) is 6.10. The molecule has 32 heavy (non-hydrogen) atoms. The maximum absolute atomic E-state index is 13.5. The predicted molar refractivity (Wildman–Crippen MR) is 118 cm³/mol. The third kappa shape index (κ3) is 4.17. The summed E-state index contributed by atoms with van der Waals surface area (Å²) in [6, 6.07) is 18.0. The standard InChI is InChI=1S/C23H18ClFN2O4S/c24-20-9-5-4-6-16(20)15-26(32(30,31)19-7-2-1-3-8-19)21-14-22(28)27(23(21)29)18-12-10-17(25)11-13-18/h1-13,21H,14-15H2. The highest BCUT2D eigenvalue weighted by Crippen LogP contribution is 2.31. The number of carbonyl (C=O) groups excluding carboxylic acids is 2. The van der Waals surface area contributed by atoms with Crippen molar-refractivity contribution in [2.24, 2.45) is 0 Å². The van der Waals surface area contributed by atoms with Crippen LogP contribution in [-0.2, 0) is 26.2 Å². The van der Waals surface area contributed by atoms with Gasteiger partial charge in [0.1, 0.15) is 11.9 Å². The van der Waals surface area contributed by atoms with Crippen LogP contribution >= 0.6 is 11.6 Å². The lowest BCUT2D eigenvalue weighted by molar-refractivity contribution is -0.122. The lowest BCUT2D eigenvalue weighted by Crippen LogP contribution is -2.45. The highest BCUT2D eigenvalue weighted by molar-refractivity contribution is 7.89. The van der Waals surface area contributed by atoms with Crippen molar-refractivity contribution in [2.45, 2.75) is 23.9 Å². The molecule has 3 aromatic carbocycles. The van der Waals surface area contributed by atoms with Gasteiger partial charge in [0.25, 0.3) is 5.91 Å². The number of nitrogens with zero attached hydrogens (tertiary/aromatic N) is 2. The molecule has 1 fully saturated rings. The number of halogens is 2. The van der Waals surface area contributed by atoms with E-state index in [0.717, 1.165) is 21.3 Å². The highest BCUT2D eigenvalue weighted by atomic mass is 35.5. The van der Waals surface area contributed by atoms with Crippen molar-refractivity contribution in [3.63, 3.8) is 0 Å². The van der Waals surface area contributed by atoms with E-state index in [-0.39, 0.29) is 23.5 Å². The second-order valence-corrected chi connectivity index (χ2v) is 9.52. The Bertz CT molecular complexity index is 1270. The molecule has 0 radical (unpaired) electrons. The van der Waals surface area contributed by atoms with E-state index in [1.807, 2.05) is 0 Å². The second-order valence-electron chi connectivity index (χ2n) is 7.22. The Morgan fingerprint density at radius 3 is 2.22 bits per heavy atom. The van der Waals surface area contributed by atoms with Gasteiger partial charge in [0.05, 0.1) is 17.0 Å². The van der Waals surface area contributed by atoms with Gasteiger partial charge in [-0.3, -0.25) is 9.59 Å². The van der Waals surface area contributed by atoms with Crippen molar-refractivity contribution >= 4 is 39.1 Å². The maximum Gasteiger partial charge on any atom is 0.252 e. The third-order valence-corrected chi connectivity index (χ3v) is 7.43. The number of hydrogen-bond donors (Lipinski definition) is 0. The number of sulfonamides is 1. The highest BCUT2D eigenvalue weighted by Gasteiger charge is 2.47. The van der Waals surface area contributed by atoms with E-state index in [1.165, 1.54) is 24.3 Å². The summed E-state index contributed by atoms with van der Waals surface area (Å²) in [6.07, 6.45) is -0.341. The number of hydrogen-bond acceptors (Lipinski definition) is 4. The van der Waals surface area contributed by atoms with E-state index in [2.05, 4.69) is 0 Å². The normalized spacial score (nSPS) is 16.7. The molecule has 164 valence electrons. The first-order valence-electron chi connectivity index (χ1n) is 9.71. The summed E-state index contributed by atoms with van der Waals surface area (Å²) >= 11 is 6.26. The SMILES string of the molecule is O=C1CC(N(Cc2ccccc2Cl)S(=O)(=O)c2ccccc2)C(=O)N1c1ccc(F)cc1. The molecule has 1 aliphatic heterocycles. The van der Waals surface area contributed by atoms with Crippen molar-refractivity contribution in [3.8, 4) is 0 Å². The van der Waals surface area contributed by atoms with Gasteiger partial charge in [-0.2, -0.15) is 4.31 Å². The van der Waals surface area contributed by atoms with Crippen LogP contribution in [0.2, 0.25) is 5.02 Å². The second kappa shape index (κ2) is 8.82. The molecule has 1 aliphatic rings. The molecule has 4 rings (SSSR count). The fourth-order valence-electron chi connectivity index (χ4n) is 3.59. The number of anilines is 1. The minimum atomic E-state index is -4.15. The first-order valence-corrected chi connectivity index (χ1v) is 11.5. The molecule has 1 saturated heterocycles. The third-order valence-electron chi connectivity index (χ3n) is 5.19. The Morgan fingerprint density at radius 2 is 1.56 bits per heavy atom. The van der Waals surface area contributed by atoms with E-state index in [9.17, 15) is 22.4 Å². The number of amides is 2. The molecule has 0 aliphatic carbocycles. The van der Waals surface area contributed by atoms with Gasteiger partial charge < -0.3 is 0 Å². The zero-order valence-electron chi connectivity index (χ0n) is 16.7. The Hall–Kier alpha value is -3.07. The van der Waals surface area contributed by atoms with Gasteiger partial charge in [-0.15, -0.1) is 0 Å². The largest absolute Gasteiger partial charge is 0.274 e. The first kappa shape index (κ1) is 22.1. The average Bonchev–Trinajstić information content (AvgIpc) is 3.08. The van der Waals surface area contributed by atoms with Gasteiger partial charge in [0.2, 0.25) is 15.9 Å². The number of imide groups is 1. The molecule has 1 heterocycles. The molecule has 0 aromatic heterocycles. The van der Waals surface area contributed by atoms with Gasteiger partial charge >= 0.3 is 0 Å². The molecule has 1 atom stereocenters. The van der Waals surface area contributed by atoms with Crippen LogP contribution in [0.25, 0.3) is 0 Å². The number of carbonyl (C=O) groups is 2. The molecular formula is C23H18ClFN2O4S. The lowest BCUT2D eigenvalue weighted by Gasteiger charge is -2.27. The minimum Gasteiger partial charge on any atom is -0.274 e. The molecule has 0 saturated carbocycles. The van der Waals surface area contributed by atoms with Crippen molar-refractivity contribution < 1.29 is 22.4 Å². The maximum atomic E-state index is 13.5. The zero-order chi connectivity index (χ0) is 22.9. The van der Waals surface area contributed by atoms with Gasteiger partial charge in [-0.05, 0) is 48.0 Å². The van der Waals surface area contributed by atoms with Crippen molar-refractivity contribution in [3.05, 3.63) is 95.3 Å². The summed E-state index contributed by atoms with van der Waals surface area (Å²) < 4.78 is 41.4. The zero-order valence-corrected chi connectivity index (χ0v) is 18.3. The monoisotopic (exact) mass is 472 g/mol. The topological polar surface area (TPSA) is 74.8 Å². The van der Waals surface area contributed by atoms with Gasteiger partial charge in [-0.25, -0.2) is 17.7 Å². The molecule has 0 bridgehead atoms. The van der Waals surface area contributed by atoms with E-state index >= 15 is 0 Å². The van der Waals surface area contributed by atoms with E-state index in [4.69, 9.17) is 11.6 Å². The van der Waals surface area contributed by atoms with Crippen LogP contribution in [0.15, 0.2) is 83.8 Å². The average molecular weight is 473 g/mol. The van der Waals surface area contributed by atoms with Crippen molar-refractivity contribution in [1.29, 1.82) is 0 Å². The van der Waals surface area contributed by atoms with E-state index in [1.54, 1.807) is 42.5 Å². The molecule has 2 amide bonds. The summed E-state index contributed by atoms with van der Waals surface area (Å²) in [5, 5.41) is 0.341. The summed E-state index contributed by atoms with van der Waals surface area (Å²) in [5.74, 6) is -1.79. The Morgan fingerprint density at radius 1 is 0.938 bits per heavy atom. The van der Waals surface area contributed by atoms with Gasteiger partial charge in [-0.1, -0.05) is 48.0 Å². The number of benzene rings is 3. The van der Waals surface area contributed by atoms with Crippen LogP contribution in [-0.4, -0.2) is 30.6 Å². The fourth-order valence-corrected chi connectivity index (χ4v) is 5.36. The van der Waals surface area contributed by atoms with E-state index < -0.39 is 33.7 Å². The molecular weight excluding hydrogens is 455 g/mol. The Labute approximate surface area is 189 Å². The van der Waals surface area contributed by atoms with Crippen molar-refractivity contribution in [1.82, 2.24) is 4.31 Å². The quantitative estimate of drug-likeness (QED) is 0.508. The van der Waals surface area contributed by atoms with Crippen LogP contribution in [0.1, 0.15) is 12.0 Å². The first-order chi connectivity index (χ1) is 15.3. The van der Waals surface area contributed by atoms with Gasteiger partial charge in [0.15, 0.2) is 0 Å².